The normalized spacial score (nSPS) is 16.5. The van der Waals surface area contributed by atoms with Crippen LogP contribution >= 0.6 is 0 Å². The first-order valence-corrected chi connectivity index (χ1v) is 13.0. The van der Waals surface area contributed by atoms with Crippen LogP contribution in [-0.2, 0) is 14.8 Å². The molecule has 4 aromatic heterocycles. The minimum atomic E-state index is -3.44. The molecule has 0 amide bonds. The highest BCUT2D eigenvalue weighted by Gasteiger charge is 2.37. The van der Waals surface area contributed by atoms with Crippen LogP contribution in [-0.4, -0.2) is 66.8 Å². The molecule has 35 heavy (non-hydrogen) atoms. The zero-order chi connectivity index (χ0) is 24.2. The zero-order valence-electron chi connectivity index (χ0n) is 19.3. The fourth-order valence-electron chi connectivity index (χ4n) is 3.89. The third kappa shape index (κ3) is 4.10. The lowest BCUT2D eigenvalue weighted by Crippen LogP contribution is -2.40. The van der Waals surface area contributed by atoms with Crippen LogP contribution in [0.1, 0.15) is 32.7 Å². The molecule has 2 aliphatic rings. The first kappa shape index (κ1) is 21.9. The second kappa shape index (κ2) is 8.27. The Labute approximate surface area is 201 Å². The van der Waals surface area contributed by atoms with E-state index in [9.17, 15) is 8.42 Å². The van der Waals surface area contributed by atoms with Gasteiger partial charge in [0, 0.05) is 24.5 Å². The van der Waals surface area contributed by atoms with Gasteiger partial charge in [-0.05, 0) is 32.8 Å². The molecule has 0 radical (unpaired) electrons. The number of nitrogens with one attached hydrogen (secondary N) is 2. The minimum Gasteiger partial charge on any atom is -0.377 e. The summed E-state index contributed by atoms with van der Waals surface area (Å²) in [6.07, 6.45) is 7.67. The SMILES string of the molecule is CC(C)n1nc(NC2COC2)c2cnc(Nc3ccnc(-c4cnn(S(=O)(=O)C5CC5)c4)n3)cc21. The van der Waals surface area contributed by atoms with E-state index in [-0.39, 0.29) is 17.3 Å². The average Bonchev–Trinajstić information content (AvgIpc) is 3.44. The highest BCUT2D eigenvalue weighted by Crippen LogP contribution is 2.31. The summed E-state index contributed by atoms with van der Waals surface area (Å²) in [7, 11) is -3.44. The van der Waals surface area contributed by atoms with Gasteiger partial charge in [-0.2, -0.15) is 14.3 Å². The monoisotopic (exact) mass is 495 g/mol. The number of rotatable bonds is 8. The van der Waals surface area contributed by atoms with E-state index in [1.54, 1.807) is 18.5 Å². The lowest BCUT2D eigenvalue weighted by atomic mass is 10.2. The number of nitrogens with zero attached hydrogens (tertiary/aromatic N) is 7. The van der Waals surface area contributed by atoms with Gasteiger partial charge in [-0.15, -0.1) is 0 Å². The quantitative estimate of drug-likeness (QED) is 0.374. The number of fused-ring (bicyclic) bond motifs is 1. The average molecular weight is 496 g/mol. The fraction of sp³-hybridized carbons (Fsp3) is 0.409. The smallest absolute Gasteiger partial charge is 0.256 e. The molecule has 0 bridgehead atoms. The van der Waals surface area contributed by atoms with Gasteiger partial charge < -0.3 is 15.4 Å². The molecule has 0 spiro atoms. The molecule has 5 heterocycles. The molecular formula is C22H25N9O3S. The first-order valence-electron chi connectivity index (χ1n) is 11.5. The second-order valence-corrected chi connectivity index (χ2v) is 11.2. The van der Waals surface area contributed by atoms with Gasteiger partial charge in [0.2, 0.25) is 0 Å². The first-order chi connectivity index (χ1) is 16.9. The molecule has 0 aromatic carbocycles. The van der Waals surface area contributed by atoms with Crippen molar-refractivity contribution >= 4 is 38.4 Å². The van der Waals surface area contributed by atoms with Crippen molar-refractivity contribution in [2.45, 2.75) is 44.0 Å². The molecule has 1 aliphatic heterocycles. The summed E-state index contributed by atoms with van der Waals surface area (Å²) in [4.78, 5) is 13.4. The van der Waals surface area contributed by atoms with Crippen LogP contribution in [0.25, 0.3) is 22.3 Å². The van der Waals surface area contributed by atoms with Gasteiger partial charge in [0.1, 0.15) is 11.6 Å². The molecule has 13 heteroatoms. The maximum absolute atomic E-state index is 12.4. The molecule has 1 saturated carbocycles. The predicted molar refractivity (Wildman–Crippen MR) is 130 cm³/mol. The van der Waals surface area contributed by atoms with Gasteiger partial charge in [0.15, 0.2) is 11.6 Å². The molecular weight excluding hydrogens is 470 g/mol. The van der Waals surface area contributed by atoms with E-state index in [2.05, 4.69) is 44.5 Å². The van der Waals surface area contributed by atoms with Crippen molar-refractivity contribution in [3.05, 3.63) is 36.9 Å². The van der Waals surface area contributed by atoms with E-state index in [0.29, 0.717) is 49.1 Å². The van der Waals surface area contributed by atoms with Crippen molar-refractivity contribution in [1.82, 2.24) is 33.9 Å². The Morgan fingerprint density at radius 3 is 2.69 bits per heavy atom. The summed E-state index contributed by atoms with van der Waals surface area (Å²) in [5.41, 5.74) is 1.47. The molecule has 1 aliphatic carbocycles. The molecule has 0 unspecified atom stereocenters. The van der Waals surface area contributed by atoms with Gasteiger partial charge in [-0.3, -0.25) is 4.68 Å². The molecule has 4 aromatic rings. The van der Waals surface area contributed by atoms with E-state index >= 15 is 0 Å². The van der Waals surface area contributed by atoms with E-state index < -0.39 is 10.0 Å². The lowest BCUT2D eigenvalue weighted by molar-refractivity contribution is 0.0210. The predicted octanol–water partition coefficient (Wildman–Crippen LogP) is 2.56. The fourth-order valence-corrected chi connectivity index (χ4v) is 5.37. The summed E-state index contributed by atoms with van der Waals surface area (Å²) in [6, 6.07) is 4.08. The standard InChI is InChI=1S/C22H25N9O3S/c1-13(2)31-18-7-20(24-9-17(18)22(29-31)26-15-11-34-12-15)27-19-5-6-23-21(28-19)14-8-25-30(10-14)35(32,33)16-3-4-16/h5-10,13,15-16H,3-4,11-12H2,1-2H3,(H,26,29)(H,23,24,27,28). The van der Waals surface area contributed by atoms with Gasteiger partial charge in [-0.25, -0.2) is 23.4 Å². The van der Waals surface area contributed by atoms with Crippen LogP contribution in [0.15, 0.2) is 36.9 Å². The van der Waals surface area contributed by atoms with Gasteiger partial charge in [-0.1, -0.05) is 0 Å². The molecule has 182 valence electrons. The van der Waals surface area contributed by atoms with Gasteiger partial charge in [0.25, 0.3) is 10.0 Å². The maximum Gasteiger partial charge on any atom is 0.256 e. The molecule has 1 saturated heterocycles. The zero-order valence-corrected chi connectivity index (χ0v) is 20.1. The third-order valence-electron chi connectivity index (χ3n) is 6.00. The highest BCUT2D eigenvalue weighted by atomic mass is 32.2. The van der Waals surface area contributed by atoms with Crippen molar-refractivity contribution in [2.75, 3.05) is 23.8 Å². The number of ether oxygens (including phenoxy) is 1. The van der Waals surface area contributed by atoms with Crippen LogP contribution in [0.3, 0.4) is 0 Å². The number of aromatic nitrogens is 7. The largest absolute Gasteiger partial charge is 0.377 e. The van der Waals surface area contributed by atoms with Gasteiger partial charge >= 0.3 is 0 Å². The molecule has 2 fully saturated rings. The van der Waals surface area contributed by atoms with Crippen LogP contribution < -0.4 is 10.6 Å². The summed E-state index contributed by atoms with van der Waals surface area (Å²) in [5, 5.41) is 16.0. The summed E-state index contributed by atoms with van der Waals surface area (Å²) < 4.78 is 33.1. The van der Waals surface area contributed by atoms with Crippen LogP contribution in [0, 0.1) is 0 Å². The Morgan fingerprint density at radius 1 is 1.14 bits per heavy atom. The summed E-state index contributed by atoms with van der Waals surface area (Å²) >= 11 is 0. The van der Waals surface area contributed by atoms with E-state index in [1.807, 2.05) is 10.7 Å². The van der Waals surface area contributed by atoms with Crippen molar-refractivity contribution in [1.29, 1.82) is 0 Å². The topological polar surface area (TPSA) is 142 Å². The Bertz CT molecular complexity index is 1500. The van der Waals surface area contributed by atoms with Crippen molar-refractivity contribution in [3.63, 3.8) is 0 Å². The van der Waals surface area contributed by atoms with E-state index in [0.717, 1.165) is 20.8 Å². The Morgan fingerprint density at radius 2 is 1.97 bits per heavy atom. The third-order valence-corrected chi connectivity index (χ3v) is 8.03. The van der Waals surface area contributed by atoms with Crippen LogP contribution in [0.4, 0.5) is 17.5 Å². The van der Waals surface area contributed by atoms with Crippen molar-refractivity contribution < 1.29 is 13.2 Å². The maximum atomic E-state index is 12.4. The number of hydrogen-bond acceptors (Lipinski definition) is 10. The molecule has 2 N–H and O–H groups in total. The van der Waals surface area contributed by atoms with Crippen LogP contribution in [0.2, 0.25) is 0 Å². The van der Waals surface area contributed by atoms with Gasteiger partial charge in [0.05, 0.1) is 53.4 Å². The molecule has 6 rings (SSSR count). The number of anilines is 3. The van der Waals surface area contributed by atoms with E-state index in [4.69, 9.17) is 9.84 Å². The molecule has 0 atom stereocenters. The summed E-state index contributed by atoms with van der Waals surface area (Å²) in [6.45, 7) is 5.50. The Kier molecular flexibility index (Phi) is 5.18. The minimum absolute atomic E-state index is 0.162. The van der Waals surface area contributed by atoms with E-state index in [1.165, 1.54) is 12.4 Å². The lowest BCUT2D eigenvalue weighted by Gasteiger charge is -2.26. The Hall–Kier alpha value is -3.58. The number of hydrogen-bond donors (Lipinski definition) is 2. The van der Waals surface area contributed by atoms with Crippen LogP contribution in [0.5, 0.6) is 0 Å². The summed E-state index contributed by atoms with van der Waals surface area (Å²) in [5.74, 6) is 2.30. The van der Waals surface area contributed by atoms with Crippen molar-refractivity contribution in [3.8, 4) is 11.4 Å². The second-order valence-electron chi connectivity index (χ2n) is 9.09. The Balaban J connectivity index is 1.27. The molecule has 12 nitrogen and oxygen atoms in total. The van der Waals surface area contributed by atoms with Crippen molar-refractivity contribution in [2.24, 2.45) is 0 Å². The highest BCUT2D eigenvalue weighted by molar-refractivity contribution is 7.90. The number of pyridine rings is 1.